The third-order valence-electron chi connectivity index (χ3n) is 5.48. The summed E-state index contributed by atoms with van der Waals surface area (Å²) in [4.78, 5) is 15.1. The van der Waals surface area contributed by atoms with Gasteiger partial charge in [-0.2, -0.15) is 0 Å². The third-order valence-corrected chi connectivity index (χ3v) is 7.66. The van der Waals surface area contributed by atoms with E-state index in [0.717, 1.165) is 49.1 Å². The molecule has 0 atom stereocenters. The van der Waals surface area contributed by atoms with Gasteiger partial charge in [-0.1, -0.05) is 35.4 Å². The van der Waals surface area contributed by atoms with Crippen LogP contribution in [0.4, 0.5) is 5.69 Å². The molecular weight excluding hydrogens is 450 g/mol. The number of halogens is 1. The van der Waals surface area contributed by atoms with Crippen molar-refractivity contribution in [3.63, 3.8) is 0 Å². The smallest absolute Gasteiger partial charge is 0.264 e. The third kappa shape index (κ3) is 6.22. The van der Waals surface area contributed by atoms with E-state index in [2.05, 4.69) is 10.2 Å². The Labute approximate surface area is 195 Å². The molecule has 1 aliphatic heterocycles. The molecule has 0 saturated carbocycles. The highest BCUT2D eigenvalue weighted by atomic mass is 35.5. The van der Waals surface area contributed by atoms with E-state index < -0.39 is 10.0 Å². The molecule has 174 valence electrons. The molecule has 0 radical (unpaired) electrons. The maximum Gasteiger partial charge on any atom is 0.264 e. The molecule has 1 N–H and O–H groups in total. The zero-order valence-electron chi connectivity index (χ0n) is 18.5. The number of aryl methyl sites for hydroxylation is 1. The lowest BCUT2D eigenvalue weighted by molar-refractivity contribution is -0.119. The van der Waals surface area contributed by atoms with Crippen LogP contribution >= 0.6 is 11.6 Å². The number of benzene rings is 2. The van der Waals surface area contributed by atoms with Gasteiger partial charge >= 0.3 is 0 Å². The van der Waals surface area contributed by atoms with Crippen LogP contribution in [0.25, 0.3) is 0 Å². The second kappa shape index (κ2) is 11.1. The molecule has 1 fully saturated rings. The van der Waals surface area contributed by atoms with E-state index in [4.69, 9.17) is 16.3 Å². The molecule has 2 aromatic rings. The van der Waals surface area contributed by atoms with Gasteiger partial charge in [0.15, 0.2) is 0 Å². The monoisotopic (exact) mass is 479 g/mol. The fourth-order valence-electron chi connectivity index (χ4n) is 3.54. The summed E-state index contributed by atoms with van der Waals surface area (Å²) in [6.07, 6.45) is 0.784. The second-order valence-corrected chi connectivity index (χ2v) is 10.1. The zero-order valence-corrected chi connectivity index (χ0v) is 20.1. The van der Waals surface area contributed by atoms with Crippen LogP contribution in [0, 0.1) is 13.8 Å². The molecule has 0 unspecified atom stereocenters. The summed E-state index contributed by atoms with van der Waals surface area (Å²) in [7, 11) is -3.96. The first-order chi connectivity index (χ1) is 15.3. The lowest BCUT2D eigenvalue weighted by Gasteiger charge is -2.27. The summed E-state index contributed by atoms with van der Waals surface area (Å²) in [6.45, 7) is 7.90. The van der Waals surface area contributed by atoms with Crippen molar-refractivity contribution in [1.29, 1.82) is 0 Å². The van der Waals surface area contributed by atoms with Gasteiger partial charge < -0.3 is 10.1 Å². The molecule has 7 nitrogen and oxygen atoms in total. The van der Waals surface area contributed by atoms with Crippen molar-refractivity contribution in [3.05, 3.63) is 58.6 Å². The Morgan fingerprint density at radius 3 is 2.50 bits per heavy atom. The van der Waals surface area contributed by atoms with Crippen LogP contribution in [0.2, 0.25) is 5.02 Å². The number of carbonyl (C=O) groups is 1. The van der Waals surface area contributed by atoms with Crippen molar-refractivity contribution in [2.45, 2.75) is 25.2 Å². The van der Waals surface area contributed by atoms with Gasteiger partial charge in [0.05, 0.1) is 23.8 Å². The fraction of sp³-hybridized carbons (Fsp3) is 0.435. The van der Waals surface area contributed by atoms with Crippen LogP contribution in [0.5, 0.6) is 0 Å². The van der Waals surface area contributed by atoms with Gasteiger partial charge in [0.2, 0.25) is 5.91 Å². The summed E-state index contributed by atoms with van der Waals surface area (Å²) in [5.41, 5.74) is 1.94. The van der Waals surface area contributed by atoms with E-state index >= 15 is 0 Å². The largest absolute Gasteiger partial charge is 0.379 e. The van der Waals surface area contributed by atoms with Gasteiger partial charge in [-0.05, 0) is 56.6 Å². The van der Waals surface area contributed by atoms with E-state index in [0.29, 0.717) is 22.8 Å². The Morgan fingerprint density at radius 2 is 1.81 bits per heavy atom. The number of amides is 1. The van der Waals surface area contributed by atoms with E-state index in [1.54, 1.807) is 49.4 Å². The van der Waals surface area contributed by atoms with E-state index in [9.17, 15) is 13.2 Å². The standard InChI is InChI=1S/C23H30ClN3O4S/c1-18-7-9-20(10-8-18)32(29,30)27(22-6-3-5-21(24)19(22)2)17-23(28)25-11-4-12-26-13-15-31-16-14-26/h3,5-10H,4,11-17H2,1-2H3,(H,25,28). The summed E-state index contributed by atoms with van der Waals surface area (Å²) < 4.78 is 33.4. The van der Waals surface area contributed by atoms with Crippen molar-refractivity contribution in [1.82, 2.24) is 10.2 Å². The minimum absolute atomic E-state index is 0.127. The first kappa shape index (κ1) is 24.5. The number of rotatable bonds is 9. The van der Waals surface area contributed by atoms with Gasteiger partial charge in [-0.3, -0.25) is 14.0 Å². The Bertz CT molecular complexity index is 1020. The Kier molecular flexibility index (Phi) is 8.53. The summed E-state index contributed by atoms with van der Waals surface area (Å²) in [5, 5.41) is 3.30. The number of nitrogens with zero attached hydrogens (tertiary/aromatic N) is 2. The van der Waals surface area contributed by atoms with Crippen LogP contribution in [0.3, 0.4) is 0 Å². The van der Waals surface area contributed by atoms with Crippen LogP contribution in [-0.4, -0.2) is 65.2 Å². The minimum Gasteiger partial charge on any atom is -0.379 e. The number of anilines is 1. The number of hydrogen-bond acceptors (Lipinski definition) is 5. The summed E-state index contributed by atoms with van der Waals surface area (Å²) in [5.74, 6) is -0.359. The molecule has 0 aromatic heterocycles. The summed E-state index contributed by atoms with van der Waals surface area (Å²) in [6, 6.07) is 11.6. The highest BCUT2D eigenvalue weighted by Gasteiger charge is 2.28. The van der Waals surface area contributed by atoms with Gasteiger partial charge in [0.25, 0.3) is 10.0 Å². The highest BCUT2D eigenvalue weighted by Crippen LogP contribution is 2.30. The zero-order chi connectivity index (χ0) is 23.1. The van der Waals surface area contributed by atoms with Crippen molar-refractivity contribution in [3.8, 4) is 0 Å². The molecule has 0 spiro atoms. The number of morpholine rings is 1. The lowest BCUT2D eigenvalue weighted by atomic mass is 10.2. The summed E-state index contributed by atoms with van der Waals surface area (Å²) >= 11 is 6.25. The van der Waals surface area contributed by atoms with Crippen molar-refractivity contribution in [2.24, 2.45) is 0 Å². The average molecular weight is 480 g/mol. The number of ether oxygens (including phenoxy) is 1. The van der Waals surface area contributed by atoms with Gasteiger partial charge in [-0.15, -0.1) is 0 Å². The number of sulfonamides is 1. The first-order valence-corrected chi connectivity index (χ1v) is 12.5. The Hall–Kier alpha value is -2.13. The van der Waals surface area contributed by atoms with Gasteiger partial charge in [0, 0.05) is 24.7 Å². The SMILES string of the molecule is Cc1ccc(S(=O)(=O)N(CC(=O)NCCCN2CCOCC2)c2cccc(Cl)c2C)cc1. The van der Waals surface area contributed by atoms with E-state index in [-0.39, 0.29) is 17.3 Å². The molecular formula is C23H30ClN3O4S. The molecule has 1 amide bonds. The average Bonchev–Trinajstić information content (AvgIpc) is 2.78. The van der Waals surface area contributed by atoms with Crippen molar-refractivity contribution >= 4 is 33.2 Å². The van der Waals surface area contributed by atoms with Crippen LogP contribution < -0.4 is 9.62 Å². The second-order valence-electron chi connectivity index (χ2n) is 7.87. The van der Waals surface area contributed by atoms with E-state index in [1.165, 1.54) is 0 Å². The molecule has 3 rings (SSSR count). The van der Waals surface area contributed by atoms with Crippen molar-refractivity contribution in [2.75, 3.05) is 50.2 Å². The maximum absolute atomic E-state index is 13.5. The number of nitrogens with one attached hydrogen (secondary N) is 1. The minimum atomic E-state index is -3.96. The Morgan fingerprint density at radius 1 is 1.12 bits per heavy atom. The molecule has 0 bridgehead atoms. The molecule has 2 aromatic carbocycles. The molecule has 1 saturated heterocycles. The maximum atomic E-state index is 13.5. The molecule has 1 heterocycles. The van der Waals surface area contributed by atoms with Crippen LogP contribution in [0.1, 0.15) is 17.5 Å². The first-order valence-electron chi connectivity index (χ1n) is 10.7. The quantitative estimate of drug-likeness (QED) is 0.559. The van der Waals surface area contributed by atoms with Crippen molar-refractivity contribution < 1.29 is 17.9 Å². The predicted octanol–water partition coefficient (Wildman–Crippen LogP) is 2.99. The van der Waals surface area contributed by atoms with E-state index in [1.807, 2.05) is 6.92 Å². The molecule has 9 heteroatoms. The fourth-order valence-corrected chi connectivity index (χ4v) is 5.19. The van der Waals surface area contributed by atoms with Crippen LogP contribution in [-0.2, 0) is 19.6 Å². The Balaban J connectivity index is 1.73. The van der Waals surface area contributed by atoms with Gasteiger partial charge in [0.1, 0.15) is 6.54 Å². The molecule has 0 aliphatic carbocycles. The van der Waals surface area contributed by atoms with Gasteiger partial charge in [-0.25, -0.2) is 8.42 Å². The lowest BCUT2D eigenvalue weighted by Crippen LogP contribution is -2.42. The topological polar surface area (TPSA) is 79.0 Å². The molecule has 1 aliphatic rings. The number of hydrogen-bond donors (Lipinski definition) is 1. The highest BCUT2D eigenvalue weighted by molar-refractivity contribution is 7.92. The number of carbonyl (C=O) groups excluding carboxylic acids is 1. The van der Waals surface area contributed by atoms with Crippen LogP contribution in [0.15, 0.2) is 47.4 Å². The normalized spacial score (nSPS) is 14.8. The molecule has 32 heavy (non-hydrogen) atoms. The predicted molar refractivity (Wildman–Crippen MR) is 127 cm³/mol.